The summed E-state index contributed by atoms with van der Waals surface area (Å²) in [4.78, 5) is 23.8. The van der Waals surface area contributed by atoms with Gasteiger partial charge in [-0.25, -0.2) is 4.79 Å². The molecule has 22 heavy (non-hydrogen) atoms. The van der Waals surface area contributed by atoms with E-state index in [2.05, 4.69) is 10.6 Å². The van der Waals surface area contributed by atoms with Crippen molar-refractivity contribution in [2.75, 3.05) is 25.1 Å². The molecule has 3 N–H and O–H groups in total. The van der Waals surface area contributed by atoms with Gasteiger partial charge in [0.2, 0.25) is 0 Å². The van der Waals surface area contributed by atoms with Gasteiger partial charge < -0.3 is 20.5 Å². The van der Waals surface area contributed by atoms with Crippen molar-refractivity contribution in [1.82, 2.24) is 5.32 Å². The summed E-state index contributed by atoms with van der Waals surface area (Å²) in [5, 5.41) is 14.6. The number of hydrogen-bond donors (Lipinski definition) is 3. The van der Waals surface area contributed by atoms with E-state index in [9.17, 15) is 9.59 Å². The first kappa shape index (κ1) is 16.3. The molecule has 2 rings (SSSR count). The van der Waals surface area contributed by atoms with Crippen molar-refractivity contribution in [2.24, 2.45) is 5.92 Å². The normalized spacial score (nSPS) is 15.0. The molecule has 0 bridgehead atoms. The van der Waals surface area contributed by atoms with Crippen molar-refractivity contribution >= 4 is 17.6 Å². The lowest BCUT2D eigenvalue weighted by Gasteiger charge is -2.14. The number of esters is 1. The number of anilines is 1. The SMILES string of the molecule is C[C@H](NC(=O)COC(=O)c1ccccc1NCCO)C1CC1. The molecule has 6 heteroatoms. The van der Waals surface area contributed by atoms with Crippen LogP contribution >= 0.6 is 0 Å². The molecule has 0 radical (unpaired) electrons. The fourth-order valence-electron chi connectivity index (χ4n) is 2.22. The second kappa shape index (κ2) is 7.79. The Bertz CT molecular complexity index is 529. The number of ether oxygens (including phenoxy) is 1. The number of nitrogens with one attached hydrogen (secondary N) is 2. The highest BCUT2D eigenvalue weighted by atomic mass is 16.5. The molecule has 0 spiro atoms. The predicted molar refractivity (Wildman–Crippen MR) is 82.6 cm³/mol. The van der Waals surface area contributed by atoms with Crippen LogP contribution in [0.4, 0.5) is 5.69 Å². The highest BCUT2D eigenvalue weighted by molar-refractivity contribution is 5.96. The largest absolute Gasteiger partial charge is 0.452 e. The third-order valence-electron chi connectivity index (χ3n) is 3.63. The summed E-state index contributed by atoms with van der Waals surface area (Å²) in [6.07, 6.45) is 2.29. The molecule has 1 aliphatic carbocycles. The molecule has 0 unspecified atom stereocenters. The van der Waals surface area contributed by atoms with Gasteiger partial charge in [-0.3, -0.25) is 4.79 Å². The Labute approximate surface area is 129 Å². The highest BCUT2D eigenvalue weighted by Crippen LogP contribution is 2.32. The fraction of sp³-hybridized carbons (Fsp3) is 0.500. The number of aliphatic hydroxyl groups excluding tert-OH is 1. The summed E-state index contributed by atoms with van der Waals surface area (Å²) < 4.78 is 5.06. The summed E-state index contributed by atoms with van der Waals surface area (Å²) in [6, 6.07) is 6.97. The van der Waals surface area contributed by atoms with E-state index in [-0.39, 0.29) is 25.2 Å². The predicted octanol–water partition coefficient (Wildman–Crippen LogP) is 1.16. The minimum Gasteiger partial charge on any atom is -0.452 e. The van der Waals surface area contributed by atoms with Crippen molar-refractivity contribution in [3.8, 4) is 0 Å². The Morgan fingerprint density at radius 1 is 1.36 bits per heavy atom. The number of para-hydroxylation sites is 1. The molecule has 0 saturated heterocycles. The van der Waals surface area contributed by atoms with E-state index in [0.717, 1.165) is 12.8 Å². The summed E-state index contributed by atoms with van der Waals surface area (Å²) in [6.45, 7) is 1.98. The van der Waals surface area contributed by atoms with E-state index in [4.69, 9.17) is 9.84 Å². The Morgan fingerprint density at radius 2 is 2.09 bits per heavy atom. The van der Waals surface area contributed by atoms with Gasteiger partial charge in [0.15, 0.2) is 6.61 Å². The van der Waals surface area contributed by atoms with Gasteiger partial charge >= 0.3 is 5.97 Å². The number of amides is 1. The Hall–Kier alpha value is -2.08. The molecule has 0 aromatic heterocycles. The van der Waals surface area contributed by atoms with E-state index >= 15 is 0 Å². The van der Waals surface area contributed by atoms with Gasteiger partial charge in [-0.2, -0.15) is 0 Å². The van der Waals surface area contributed by atoms with Crippen molar-refractivity contribution in [3.05, 3.63) is 29.8 Å². The van der Waals surface area contributed by atoms with E-state index in [1.54, 1.807) is 24.3 Å². The molecule has 1 aromatic carbocycles. The minimum atomic E-state index is -0.560. The van der Waals surface area contributed by atoms with Crippen LogP contribution in [0.25, 0.3) is 0 Å². The standard InChI is InChI=1S/C16H22N2O4/c1-11(12-6-7-12)18-15(20)10-22-16(21)13-4-2-3-5-14(13)17-8-9-19/h2-5,11-12,17,19H,6-10H2,1H3,(H,18,20)/t11-/m0/s1. The first-order valence-electron chi connectivity index (χ1n) is 7.52. The van der Waals surface area contributed by atoms with E-state index in [0.29, 0.717) is 23.7 Å². The number of rotatable bonds is 8. The maximum absolute atomic E-state index is 12.1. The molecule has 0 aliphatic heterocycles. The van der Waals surface area contributed by atoms with Crippen LogP contribution in [-0.2, 0) is 9.53 Å². The van der Waals surface area contributed by atoms with E-state index in [1.807, 2.05) is 6.92 Å². The second-order valence-electron chi connectivity index (χ2n) is 5.47. The van der Waals surface area contributed by atoms with Gasteiger partial charge in [0.05, 0.1) is 12.2 Å². The van der Waals surface area contributed by atoms with Crippen LogP contribution in [0.5, 0.6) is 0 Å². The van der Waals surface area contributed by atoms with Crippen molar-refractivity contribution in [2.45, 2.75) is 25.8 Å². The monoisotopic (exact) mass is 306 g/mol. The molecule has 1 atom stereocenters. The summed E-state index contributed by atoms with van der Waals surface area (Å²) in [5.41, 5.74) is 0.923. The van der Waals surface area contributed by atoms with Gasteiger partial charge in [0.25, 0.3) is 5.91 Å². The van der Waals surface area contributed by atoms with Crippen LogP contribution < -0.4 is 10.6 Å². The molecular formula is C16H22N2O4. The topological polar surface area (TPSA) is 87.7 Å². The van der Waals surface area contributed by atoms with Gasteiger partial charge in [-0.05, 0) is 37.8 Å². The molecule has 1 aromatic rings. The lowest BCUT2D eigenvalue weighted by atomic mass is 10.2. The number of hydrogen-bond acceptors (Lipinski definition) is 5. The lowest BCUT2D eigenvalue weighted by molar-refractivity contribution is -0.124. The van der Waals surface area contributed by atoms with Crippen molar-refractivity contribution in [1.29, 1.82) is 0 Å². The zero-order chi connectivity index (χ0) is 15.9. The molecule has 6 nitrogen and oxygen atoms in total. The van der Waals surface area contributed by atoms with Crippen molar-refractivity contribution in [3.63, 3.8) is 0 Å². The third kappa shape index (κ3) is 4.73. The first-order chi connectivity index (χ1) is 10.6. The van der Waals surface area contributed by atoms with Crippen molar-refractivity contribution < 1.29 is 19.4 Å². The molecule has 1 saturated carbocycles. The van der Waals surface area contributed by atoms with Crippen LogP contribution in [0.3, 0.4) is 0 Å². The van der Waals surface area contributed by atoms with Crippen LogP contribution in [-0.4, -0.2) is 42.8 Å². The quantitative estimate of drug-likeness (QED) is 0.627. The van der Waals surface area contributed by atoms with Gasteiger partial charge in [-0.1, -0.05) is 12.1 Å². The maximum Gasteiger partial charge on any atom is 0.340 e. The molecule has 120 valence electrons. The Morgan fingerprint density at radius 3 is 2.77 bits per heavy atom. The van der Waals surface area contributed by atoms with Gasteiger partial charge in [0, 0.05) is 18.3 Å². The fourth-order valence-corrected chi connectivity index (χ4v) is 2.22. The molecule has 0 heterocycles. The number of benzene rings is 1. The average Bonchev–Trinajstić information content (AvgIpc) is 3.35. The third-order valence-corrected chi connectivity index (χ3v) is 3.63. The smallest absolute Gasteiger partial charge is 0.340 e. The number of aliphatic hydroxyl groups is 1. The zero-order valence-electron chi connectivity index (χ0n) is 12.7. The molecule has 1 amide bonds. The van der Waals surface area contributed by atoms with Crippen LogP contribution in [0.1, 0.15) is 30.1 Å². The maximum atomic E-state index is 12.1. The Kier molecular flexibility index (Phi) is 5.77. The van der Waals surface area contributed by atoms with Gasteiger partial charge in [-0.15, -0.1) is 0 Å². The summed E-state index contributed by atoms with van der Waals surface area (Å²) in [5.74, 6) is -0.285. The minimum absolute atomic E-state index is 0.0369. The van der Waals surface area contributed by atoms with Crippen LogP contribution in [0.2, 0.25) is 0 Å². The first-order valence-corrected chi connectivity index (χ1v) is 7.52. The highest BCUT2D eigenvalue weighted by Gasteiger charge is 2.29. The lowest BCUT2D eigenvalue weighted by Crippen LogP contribution is -2.37. The Balaban J connectivity index is 1.84. The van der Waals surface area contributed by atoms with E-state index < -0.39 is 5.97 Å². The van der Waals surface area contributed by atoms with E-state index in [1.165, 1.54) is 0 Å². The zero-order valence-corrected chi connectivity index (χ0v) is 12.7. The van der Waals surface area contributed by atoms with Crippen LogP contribution in [0, 0.1) is 5.92 Å². The average molecular weight is 306 g/mol. The summed E-state index contributed by atoms with van der Waals surface area (Å²) in [7, 11) is 0. The summed E-state index contributed by atoms with van der Waals surface area (Å²) >= 11 is 0. The molecule has 1 fully saturated rings. The second-order valence-corrected chi connectivity index (χ2v) is 5.47. The van der Waals surface area contributed by atoms with Crippen LogP contribution in [0.15, 0.2) is 24.3 Å². The van der Waals surface area contributed by atoms with Gasteiger partial charge in [0.1, 0.15) is 0 Å². The number of carbonyl (C=O) groups excluding carboxylic acids is 2. The molecular weight excluding hydrogens is 284 g/mol. The molecule has 1 aliphatic rings. The number of carbonyl (C=O) groups is 2.